The van der Waals surface area contributed by atoms with Crippen LogP contribution in [0.1, 0.15) is 6.42 Å². The Hall–Kier alpha value is -2.03. The van der Waals surface area contributed by atoms with Gasteiger partial charge < -0.3 is 24.6 Å². The molecular formula is C21H29N5O2S. The van der Waals surface area contributed by atoms with Crippen molar-refractivity contribution in [3.63, 3.8) is 0 Å². The predicted octanol–water partition coefficient (Wildman–Crippen LogP) is 2.87. The zero-order valence-electron chi connectivity index (χ0n) is 16.8. The summed E-state index contributed by atoms with van der Waals surface area (Å²) in [5, 5.41) is 3.28. The maximum Gasteiger partial charge on any atom is 0.229 e. The number of nitrogens with one attached hydrogen (secondary N) is 1. The molecule has 1 aromatic heterocycles. The van der Waals surface area contributed by atoms with Crippen LogP contribution < -0.4 is 15.0 Å². The van der Waals surface area contributed by atoms with Crippen molar-refractivity contribution < 1.29 is 9.47 Å². The van der Waals surface area contributed by atoms with Gasteiger partial charge in [0.1, 0.15) is 11.6 Å². The summed E-state index contributed by atoms with van der Waals surface area (Å²) in [5.74, 6) is 4.94. The monoisotopic (exact) mass is 415 g/mol. The maximum atomic E-state index is 5.89. The van der Waals surface area contributed by atoms with Gasteiger partial charge in [-0.25, -0.2) is 4.98 Å². The van der Waals surface area contributed by atoms with E-state index < -0.39 is 0 Å². The molecule has 2 aliphatic heterocycles. The van der Waals surface area contributed by atoms with Gasteiger partial charge in [0.15, 0.2) is 0 Å². The maximum absolute atomic E-state index is 5.89. The van der Waals surface area contributed by atoms with Gasteiger partial charge in [0.2, 0.25) is 5.95 Å². The number of anilines is 3. The molecule has 0 bridgehead atoms. The van der Waals surface area contributed by atoms with E-state index in [1.165, 1.54) is 24.6 Å². The Morgan fingerprint density at radius 1 is 1.03 bits per heavy atom. The first-order valence-corrected chi connectivity index (χ1v) is 11.5. The van der Waals surface area contributed by atoms with Crippen molar-refractivity contribution in [2.45, 2.75) is 6.42 Å². The molecule has 0 spiro atoms. The Labute approximate surface area is 176 Å². The number of hydrogen-bond donors (Lipinski definition) is 1. The number of ether oxygens (including phenoxy) is 2. The van der Waals surface area contributed by atoms with E-state index in [0.29, 0.717) is 5.95 Å². The Balaban J connectivity index is 1.24. The summed E-state index contributed by atoms with van der Waals surface area (Å²) in [5.41, 5.74) is 0.947. The summed E-state index contributed by atoms with van der Waals surface area (Å²) in [7, 11) is 0. The lowest BCUT2D eigenvalue weighted by Gasteiger charge is -2.27. The summed E-state index contributed by atoms with van der Waals surface area (Å²) in [6.45, 7) is 7.49. The zero-order valence-corrected chi connectivity index (χ0v) is 17.6. The number of thioether (sulfide) groups is 1. The molecule has 7 nitrogen and oxygen atoms in total. The van der Waals surface area contributed by atoms with E-state index in [-0.39, 0.29) is 0 Å². The van der Waals surface area contributed by atoms with E-state index in [4.69, 9.17) is 9.47 Å². The molecule has 0 radical (unpaired) electrons. The molecule has 2 aromatic rings. The van der Waals surface area contributed by atoms with Crippen LogP contribution in [0.15, 0.2) is 36.5 Å². The topological polar surface area (TPSA) is 62.8 Å². The molecule has 0 aliphatic carbocycles. The summed E-state index contributed by atoms with van der Waals surface area (Å²) < 4.78 is 11.3. The summed E-state index contributed by atoms with van der Waals surface area (Å²) in [6, 6.07) is 9.93. The van der Waals surface area contributed by atoms with E-state index in [9.17, 15) is 0 Å². The van der Waals surface area contributed by atoms with Gasteiger partial charge in [0, 0.05) is 56.1 Å². The van der Waals surface area contributed by atoms with Gasteiger partial charge in [-0.1, -0.05) is 0 Å². The molecule has 4 rings (SSSR count). The number of rotatable bonds is 8. The summed E-state index contributed by atoms with van der Waals surface area (Å²) in [4.78, 5) is 13.7. The third-order valence-electron chi connectivity index (χ3n) is 5.08. The molecule has 156 valence electrons. The highest BCUT2D eigenvalue weighted by Gasteiger charge is 2.13. The quantitative estimate of drug-likeness (QED) is 0.661. The molecule has 2 saturated heterocycles. The van der Waals surface area contributed by atoms with E-state index in [0.717, 1.165) is 63.1 Å². The predicted molar refractivity (Wildman–Crippen MR) is 119 cm³/mol. The normalized spacial score (nSPS) is 17.9. The lowest BCUT2D eigenvalue weighted by atomic mass is 10.3. The van der Waals surface area contributed by atoms with Crippen molar-refractivity contribution in [2.75, 3.05) is 74.3 Å². The summed E-state index contributed by atoms with van der Waals surface area (Å²) >= 11 is 2.05. The first-order valence-electron chi connectivity index (χ1n) is 10.3. The van der Waals surface area contributed by atoms with Crippen molar-refractivity contribution in [3.8, 4) is 5.75 Å². The molecule has 1 aromatic carbocycles. The van der Waals surface area contributed by atoms with Crippen LogP contribution >= 0.6 is 11.8 Å². The van der Waals surface area contributed by atoms with Gasteiger partial charge in [-0.05, 0) is 36.8 Å². The molecule has 0 amide bonds. The molecule has 8 heteroatoms. The third-order valence-corrected chi connectivity index (χ3v) is 6.02. The van der Waals surface area contributed by atoms with Crippen LogP contribution in [-0.4, -0.2) is 78.9 Å². The van der Waals surface area contributed by atoms with Crippen LogP contribution in [0.2, 0.25) is 0 Å². The van der Waals surface area contributed by atoms with E-state index in [2.05, 4.69) is 25.1 Å². The van der Waals surface area contributed by atoms with Crippen molar-refractivity contribution in [1.82, 2.24) is 14.9 Å². The molecule has 2 aliphatic rings. The minimum atomic E-state index is 0.599. The van der Waals surface area contributed by atoms with Crippen molar-refractivity contribution >= 4 is 29.2 Å². The Morgan fingerprint density at radius 2 is 1.83 bits per heavy atom. The SMILES string of the molecule is c1cc(N2CCOCC2)nc(Nc2ccc(OCCCN3CCSCC3)cc2)n1. The molecule has 0 unspecified atom stereocenters. The highest BCUT2D eigenvalue weighted by molar-refractivity contribution is 7.99. The fraction of sp³-hybridized carbons (Fsp3) is 0.524. The number of aromatic nitrogens is 2. The van der Waals surface area contributed by atoms with Gasteiger partial charge in [0.05, 0.1) is 19.8 Å². The van der Waals surface area contributed by atoms with E-state index in [1.807, 2.05) is 42.1 Å². The first kappa shape index (κ1) is 20.3. The number of hydrogen-bond acceptors (Lipinski definition) is 8. The van der Waals surface area contributed by atoms with Crippen LogP contribution in [0.5, 0.6) is 5.75 Å². The standard InChI is InChI=1S/C21H29N5O2S/c1(8-25-11-16-29-17-12-25)13-28-19-4-2-18(3-5-19)23-21-22-7-6-20(24-21)26-9-14-27-15-10-26/h2-7H,1,8-17H2,(H,22,23,24). The fourth-order valence-corrected chi connectivity index (χ4v) is 4.42. The van der Waals surface area contributed by atoms with Gasteiger partial charge in [0.25, 0.3) is 0 Å². The van der Waals surface area contributed by atoms with Gasteiger partial charge >= 0.3 is 0 Å². The Bertz CT molecular complexity index is 749. The number of morpholine rings is 1. The third kappa shape index (κ3) is 6.22. The molecular weight excluding hydrogens is 386 g/mol. The second-order valence-electron chi connectivity index (χ2n) is 7.14. The fourth-order valence-electron chi connectivity index (χ4n) is 3.44. The summed E-state index contributed by atoms with van der Waals surface area (Å²) in [6.07, 6.45) is 2.85. The van der Waals surface area contributed by atoms with Crippen molar-refractivity contribution in [1.29, 1.82) is 0 Å². The van der Waals surface area contributed by atoms with Crippen molar-refractivity contribution in [3.05, 3.63) is 36.5 Å². The smallest absolute Gasteiger partial charge is 0.229 e. The molecule has 1 N–H and O–H groups in total. The molecule has 2 fully saturated rings. The molecule has 0 saturated carbocycles. The van der Waals surface area contributed by atoms with Crippen LogP contribution in [0.3, 0.4) is 0 Å². The van der Waals surface area contributed by atoms with Gasteiger partial charge in [-0.3, -0.25) is 0 Å². The average Bonchev–Trinajstić information content (AvgIpc) is 2.79. The second-order valence-corrected chi connectivity index (χ2v) is 8.37. The Kier molecular flexibility index (Phi) is 7.45. The molecule has 3 heterocycles. The highest BCUT2D eigenvalue weighted by atomic mass is 32.2. The van der Waals surface area contributed by atoms with Crippen molar-refractivity contribution in [2.24, 2.45) is 0 Å². The van der Waals surface area contributed by atoms with Gasteiger partial charge in [-0.15, -0.1) is 0 Å². The minimum Gasteiger partial charge on any atom is -0.494 e. The lowest BCUT2D eigenvalue weighted by molar-refractivity contribution is 0.122. The average molecular weight is 416 g/mol. The van der Waals surface area contributed by atoms with Gasteiger partial charge in [-0.2, -0.15) is 16.7 Å². The number of nitrogens with zero attached hydrogens (tertiary/aromatic N) is 4. The zero-order chi connectivity index (χ0) is 19.7. The van der Waals surface area contributed by atoms with E-state index >= 15 is 0 Å². The van der Waals surface area contributed by atoms with Crippen LogP contribution in [0.4, 0.5) is 17.5 Å². The highest BCUT2D eigenvalue weighted by Crippen LogP contribution is 2.20. The first-order chi connectivity index (χ1) is 14.4. The van der Waals surface area contributed by atoms with Crippen LogP contribution in [0.25, 0.3) is 0 Å². The Morgan fingerprint density at radius 3 is 2.62 bits per heavy atom. The lowest BCUT2D eigenvalue weighted by Crippen LogP contribution is -2.36. The molecule has 0 atom stereocenters. The molecule has 29 heavy (non-hydrogen) atoms. The second kappa shape index (κ2) is 10.7. The largest absolute Gasteiger partial charge is 0.494 e. The van der Waals surface area contributed by atoms with Crippen LogP contribution in [0, 0.1) is 0 Å². The minimum absolute atomic E-state index is 0.599. The van der Waals surface area contributed by atoms with Crippen LogP contribution in [-0.2, 0) is 4.74 Å². The number of benzene rings is 1. The van der Waals surface area contributed by atoms with E-state index in [1.54, 1.807) is 6.20 Å².